The number of thioether (sulfide) groups is 1. The van der Waals surface area contributed by atoms with Crippen molar-refractivity contribution in [3.8, 4) is 34.2 Å². The summed E-state index contributed by atoms with van der Waals surface area (Å²) in [6, 6.07) is 21.6. The van der Waals surface area contributed by atoms with E-state index >= 15 is 0 Å². The molecule has 3 aromatic rings. The zero-order valence-corrected chi connectivity index (χ0v) is 18.6. The van der Waals surface area contributed by atoms with Crippen molar-refractivity contribution in [2.45, 2.75) is 30.5 Å². The monoisotopic (exact) mass is 432 g/mol. The third kappa shape index (κ3) is 5.25. The highest BCUT2D eigenvalue weighted by atomic mass is 32.2. The summed E-state index contributed by atoms with van der Waals surface area (Å²) in [6.07, 6.45) is 0.573. The number of pyridine rings is 1. The van der Waals surface area contributed by atoms with Crippen molar-refractivity contribution < 1.29 is 14.3 Å². The van der Waals surface area contributed by atoms with Crippen LogP contribution in [-0.2, 0) is 9.53 Å². The number of methoxy groups -OCH3 is 1. The molecule has 158 valence electrons. The van der Waals surface area contributed by atoms with E-state index in [9.17, 15) is 10.1 Å². The van der Waals surface area contributed by atoms with Gasteiger partial charge in [-0.2, -0.15) is 5.26 Å². The van der Waals surface area contributed by atoms with E-state index in [2.05, 4.69) is 6.07 Å². The highest BCUT2D eigenvalue weighted by Crippen LogP contribution is 2.37. The van der Waals surface area contributed by atoms with Crippen molar-refractivity contribution in [3.63, 3.8) is 0 Å². The van der Waals surface area contributed by atoms with Gasteiger partial charge in [0.1, 0.15) is 22.1 Å². The molecule has 0 aliphatic carbocycles. The maximum atomic E-state index is 12.4. The van der Waals surface area contributed by atoms with Gasteiger partial charge in [0.15, 0.2) is 0 Å². The maximum Gasteiger partial charge on any atom is 0.319 e. The summed E-state index contributed by atoms with van der Waals surface area (Å²) in [4.78, 5) is 17.2. The van der Waals surface area contributed by atoms with E-state index in [1.165, 1.54) is 11.8 Å². The van der Waals surface area contributed by atoms with Crippen LogP contribution in [0.25, 0.3) is 22.4 Å². The Kier molecular flexibility index (Phi) is 7.69. The van der Waals surface area contributed by atoms with Gasteiger partial charge in [0, 0.05) is 11.1 Å². The van der Waals surface area contributed by atoms with Crippen LogP contribution >= 0.6 is 11.8 Å². The van der Waals surface area contributed by atoms with E-state index in [-0.39, 0.29) is 5.97 Å². The minimum atomic E-state index is -0.436. The van der Waals surface area contributed by atoms with Gasteiger partial charge in [0.2, 0.25) is 0 Å². The van der Waals surface area contributed by atoms with Gasteiger partial charge in [-0.3, -0.25) is 4.79 Å². The van der Waals surface area contributed by atoms with Gasteiger partial charge in [-0.1, -0.05) is 61.2 Å². The number of rotatable bonds is 8. The molecule has 1 aromatic heterocycles. The standard InChI is InChI=1S/C25H24N2O3S/c1-4-23(25(28)30-5-2)31-24-21(16-26)20(17-11-13-19(29-3)14-12-17)15-22(27-24)18-9-7-6-8-10-18/h6-15,23H,4-5H2,1-3H3/t23-/m1/s1. The Morgan fingerprint density at radius 2 is 1.81 bits per heavy atom. The van der Waals surface area contributed by atoms with Gasteiger partial charge in [0.05, 0.1) is 25.0 Å². The molecular formula is C25H24N2O3S. The predicted octanol–water partition coefficient (Wildman–Crippen LogP) is 5.73. The molecule has 3 rings (SSSR count). The number of benzene rings is 2. The zero-order valence-electron chi connectivity index (χ0n) is 17.8. The Bertz CT molecular complexity index is 1080. The third-order valence-electron chi connectivity index (χ3n) is 4.74. The predicted molar refractivity (Wildman–Crippen MR) is 123 cm³/mol. The van der Waals surface area contributed by atoms with Gasteiger partial charge in [0.25, 0.3) is 0 Å². The van der Waals surface area contributed by atoms with E-state index in [0.29, 0.717) is 23.6 Å². The lowest BCUT2D eigenvalue weighted by molar-refractivity contribution is -0.142. The Morgan fingerprint density at radius 3 is 2.39 bits per heavy atom. The Morgan fingerprint density at radius 1 is 1.10 bits per heavy atom. The molecule has 0 bridgehead atoms. The van der Waals surface area contributed by atoms with Gasteiger partial charge < -0.3 is 9.47 Å². The summed E-state index contributed by atoms with van der Waals surface area (Å²) < 4.78 is 10.5. The molecular weight excluding hydrogens is 408 g/mol. The van der Waals surface area contributed by atoms with E-state index in [0.717, 1.165) is 28.1 Å². The van der Waals surface area contributed by atoms with Gasteiger partial charge in [-0.15, -0.1) is 0 Å². The van der Waals surface area contributed by atoms with Crippen molar-refractivity contribution in [2.75, 3.05) is 13.7 Å². The minimum Gasteiger partial charge on any atom is -0.497 e. The van der Waals surface area contributed by atoms with Crippen molar-refractivity contribution in [1.82, 2.24) is 4.98 Å². The topological polar surface area (TPSA) is 72.2 Å². The smallest absolute Gasteiger partial charge is 0.319 e. The fourth-order valence-corrected chi connectivity index (χ4v) is 4.16. The number of ether oxygens (including phenoxy) is 2. The van der Waals surface area contributed by atoms with E-state index < -0.39 is 5.25 Å². The van der Waals surface area contributed by atoms with Crippen LogP contribution in [0.5, 0.6) is 5.75 Å². The molecule has 2 aromatic carbocycles. The van der Waals surface area contributed by atoms with Crippen molar-refractivity contribution in [1.29, 1.82) is 5.26 Å². The van der Waals surface area contributed by atoms with Crippen LogP contribution in [0.15, 0.2) is 65.7 Å². The molecule has 1 atom stereocenters. The number of hydrogen-bond donors (Lipinski definition) is 0. The van der Waals surface area contributed by atoms with E-state index in [1.54, 1.807) is 14.0 Å². The maximum absolute atomic E-state index is 12.4. The molecule has 0 fully saturated rings. The SMILES string of the molecule is CCOC(=O)[C@@H](CC)Sc1nc(-c2ccccc2)cc(-c2ccc(OC)cc2)c1C#N. The second-order valence-electron chi connectivity index (χ2n) is 6.71. The molecule has 0 spiro atoms. The molecule has 0 radical (unpaired) electrons. The van der Waals surface area contributed by atoms with Crippen LogP contribution in [0, 0.1) is 11.3 Å². The highest BCUT2D eigenvalue weighted by molar-refractivity contribution is 8.00. The van der Waals surface area contributed by atoms with Crippen molar-refractivity contribution in [3.05, 3.63) is 66.2 Å². The first-order chi connectivity index (χ1) is 15.1. The molecule has 6 heteroatoms. The fourth-order valence-electron chi connectivity index (χ4n) is 3.14. The second kappa shape index (κ2) is 10.6. The lowest BCUT2D eigenvalue weighted by atomic mass is 9.99. The first kappa shape index (κ1) is 22.4. The number of nitriles is 1. The third-order valence-corrected chi connectivity index (χ3v) is 6.07. The minimum absolute atomic E-state index is 0.295. The van der Waals surface area contributed by atoms with Gasteiger partial charge >= 0.3 is 5.97 Å². The largest absolute Gasteiger partial charge is 0.497 e. The summed E-state index contributed by atoms with van der Waals surface area (Å²) in [7, 11) is 1.62. The molecule has 0 unspecified atom stereocenters. The number of carbonyl (C=O) groups excluding carboxylic acids is 1. The molecule has 31 heavy (non-hydrogen) atoms. The normalized spacial score (nSPS) is 11.4. The van der Waals surface area contributed by atoms with Gasteiger partial charge in [-0.05, 0) is 37.1 Å². The molecule has 0 N–H and O–H groups in total. The van der Waals surface area contributed by atoms with E-state index in [4.69, 9.17) is 14.5 Å². The summed E-state index contributed by atoms with van der Waals surface area (Å²) in [6.45, 7) is 4.02. The summed E-state index contributed by atoms with van der Waals surface area (Å²) >= 11 is 1.28. The summed E-state index contributed by atoms with van der Waals surface area (Å²) in [5.74, 6) is 0.444. The molecule has 1 heterocycles. The number of nitrogens with zero attached hydrogens (tertiary/aromatic N) is 2. The highest BCUT2D eigenvalue weighted by Gasteiger charge is 2.24. The molecule has 0 amide bonds. The fraction of sp³-hybridized carbons (Fsp3) is 0.240. The van der Waals surface area contributed by atoms with Gasteiger partial charge in [-0.25, -0.2) is 4.98 Å². The lowest BCUT2D eigenvalue weighted by Crippen LogP contribution is -2.19. The molecule has 0 saturated carbocycles. The quantitative estimate of drug-likeness (QED) is 0.334. The average molecular weight is 433 g/mol. The second-order valence-corrected chi connectivity index (χ2v) is 7.90. The van der Waals surface area contributed by atoms with Crippen molar-refractivity contribution in [2.24, 2.45) is 0 Å². The Balaban J connectivity index is 2.16. The molecule has 0 aliphatic rings. The Labute approximate surface area is 187 Å². The molecule has 5 nitrogen and oxygen atoms in total. The lowest BCUT2D eigenvalue weighted by Gasteiger charge is -2.16. The van der Waals surface area contributed by atoms with Crippen LogP contribution in [0.2, 0.25) is 0 Å². The zero-order chi connectivity index (χ0) is 22.2. The Hall–Kier alpha value is -3.30. The van der Waals surface area contributed by atoms with Crippen molar-refractivity contribution >= 4 is 17.7 Å². The van der Waals surface area contributed by atoms with Crippen LogP contribution in [-0.4, -0.2) is 29.9 Å². The summed E-state index contributed by atoms with van der Waals surface area (Å²) in [5, 5.41) is 10.1. The van der Waals surface area contributed by atoms with E-state index in [1.807, 2.05) is 67.6 Å². The number of carbonyl (C=O) groups is 1. The molecule has 0 aliphatic heterocycles. The first-order valence-electron chi connectivity index (χ1n) is 10.1. The summed E-state index contributed by atoms with van der Waals surface area (Å²) in [5.41, 5.74) is 3.76. The van der Waals surface area contributed by atoms with Crippen LogP contribution in [0.4, 0.5) is 0 Å². The first-order valence-corrected chi connectivity index (χ1v) is 11.0. The van der Waals surface area contributed by atoms with Crippen LogP contribution in [0.1, 0.15) is 25.8 Å². The van der Waals surface area contributed by atoms with Crippen LogP contribution in [0.3, 0.4) is 0 Å². The average Bonchev–Trinajstić information content (AvgIpc) is 2.82. The number of hydrogen-bond acceptors (Lipinski definition) is 6. The number of aromatic nitrogens is 1. The van der Waals surface area contributed by atoms with Crippen LogP contribution < -0.4 is 4.74 Å². The molecule has 0 saturated heterocycles. The number of esters is 1.